The molecule has 23 heavy (non-hydrogen) atoms. The van der Waals surface area contributed by atoms with Crippen LogP contribution in [0.25, 0.3) is 10.2 Å². The molecule has 0 atom stereocenters. The summed E-state index contributed by atoms with van der Waals surface area (Å²) in [7, 11) is 1.43. The lowest BCUT2D eigenvalue weighted by Crippen LogP contribution is -2.38. The zero-order chi connectivity index (χ0) is 16.7. The van der Waals surface area contributed by atoms with Crippen LogP contribution in [0.2, 0.25) is 0 Å². The third-order valence-corrected chi connectivity index (χ3v) is 5.20. The number of hydrogen-bond acceptors (Lipinski definition) is 4. The first-order valence-corrected chi connectivity index (χ1v) is 8.48. The maximum atomic E-state index is 12.5. The van der Waals surface area contributed by atoms with Crippen LogP contribution in [0.4, 0.5) is 0 Å². The normalized spacial score (nSPS) is 11.1. The van der Waals surface area contributed by atoms with Crippen molar-refractivity contribution in [3.63, 3.8) is 0 Å². The molecule has 0 amide bonds. The first-order valence-electron chi connectivity index (χ1n) is 6.87. The van der Waals surface area contributed by atoms with Crippen LogP contribution in [0.1, 0.15) is 15.2 Å². The quantitative estimate of drug-likeness (QED) is 0.643. The van der Waals surface area contributed by atoms with Gasteiger partial charge in [0.1, 0.15) is 4.83 Å². The molecular weight excluding hydrogens is 380 g/mol. The molecule has 118 valence electrons. The van der Waals surface area contributed by atoms with Gasteiger partial charge in [-0.1, -0.05) is 28.1 Å². The molecule has 3 aromatic rings. The van der Waals surface area contributed by atoms with Crippen molar-refractivity contribution in [1.29, 1.82) is 0 Å². The molecule has 0 saturated heterocycles. The summed E-state index contributed by atoms with van der Waals surface area (Å²) in [5, 5.41) is 0.471. The maximum absolute atomic E-state index is 12.5. The van der Waals surface area contributed by atoms with Crippen molar-refractivity contribution in [2.75, 3.05) is 0 Å². The molecule has 0 unspecified atom stereocenters. The van der Waals surface area contributed by atoms with Crippen LogP contribution in [0, 0.1) is 6.92 Å². The zero-order valence-corrected chi connectivity index (χ0v) is 14.9. The van der Waals surface area contributed by atoms with Crippen LogP contribution < -0.4 is 11.2 Å². The number of fused-ring (bicyclic) bond motifs is 1. The lowest BCUT2D eigenvalue weighted by Gasteiger charge is -2.09. The summed E-state index contributed by atoms with van der Waals surface area (Å²) < 4.78 is 3.30. The van der Waals surface area contributed by atoms with Crippen molar-refractivity contribution in [2.45, 2.75) is 13.5 Å². The Morgan fingerprint density at radius 3 is 2.52 bits per heavy atom. The molecule has 0 spiro atoms. The molecule has 0 fully saturated rings. The van der Waals surface area contributed by atoms with E-state index in [-0.39, 0.29) is 17.9 Å². The van der Waals surface area contributed by atoms with Crippen molar-refractivity contribution in [3.05, 3.63) is 66.1 Å². The molecule has 0 aliphatic heterocycles. The number of halogens is 1. The molecule has 5 nitrogen and oxygen atoms in total. The van der Waals surface area contributed by atoms with Crippen LogP contribution in [-0.4, -0.2) is 14.9 Å². The molecule has 2 heterocycles. The second kappa shape index (κ2) is 5.90. The number of Topliss-reactive ketones (excluding diaryl/α,β-unsaturated/α-hetero) is 1. The summed E-state index contributed by atoms with van der Waals surface area (Å²) in [6, 6.07) is 8.72. The van der Waals surface area contributed by atoms with E-state index in [4.69, 9.17) is 0 Å². The Balaban J connectivity index is 2.13. The first kappa shape index (κ1) is 15.9. The van der Waals surface area contributed by atoms with Gasteiger partial charge in [0.05, 0.1) is 11.9 Å². The van der Waals surface area contributed by atoms with Crippen molar-refractivity contribution in [2.24, 2.45) is 7.05 Å². The molecule has 1 aromatic carbocycles. The van der Waals surface area contributed by atoms with E-state index in [1.807, 2.05) is 6.92 Å². The topological polar surface area (TPSA) is 61.1 Å². The minimum atomic E-state index is -0.477. The van der Waals surface area contributed by atoms with Gasteiger partial charge >= 0.3 is 5.69 Å². The summed E-state index contributed by atoms with van der Waals surface area (Å²) in [6.45, 7) is 1.78. The van der Waals surface area contributed by atoms with Gasteiger partial charge in [0.2, 0.25) is 0 Å². The molecule has 0 saturated carbocycles. The Morgan fingerprint density at radius 2 is 1.87 bits per heavy atom. The molecule has 2 aromatic heterocycles. The Morgan fingerprint density at radius 1 is 1.22 bits per heavy atom. The van der Waals surface area contributed by atoms with Gasteiger partial charge in [-0.3, -0.25) is 18.7 Å². The summed E-state index contributed by atoms with van der Waals surface area (Å²) in [5.41, 5.74) is -0.285. The highest BCUT2D eigenvalue weighted by Gasteiger charge is 2.16. The van der Waals surface area contributed by atoms with Crippen molar-refractivity contribution < 1.29 is 4.79 Å². The van der Waals surface area contributed by atoms with Crippen LogP contribution in [-0.2, 0) is 13.6 Å². The van der Waals surface area contributed by atoms with Gasteiger partial charge in [-0.2, -0.15) is 0 Å². The standard InChI is InChI=1S/C16H13BrN2O3S/c1-9-7-12-14(21)18(2)16(22)19(15(12)23-9)8-13(20)10-3-5-11(17)6-4-10/h3-7H,8H2,1-2H3. The van der Waals surface area contributed by atoms with E-state index in [1.54, 1.807) is 30.3 Å². The van der Waals surface area contributed by atoms with E-state index < -0.39 is 5.69 Å². The van der Waals surface area contributed by atoms with Gasteiger partial charge in [0.15, 0.2) is 5.78 Å². The lowest BCUT2D eigenvalue weighted by molar-refractivity contribution is 0.0971. The fourth-order valence-electron chi connectivity index (χ4n) is 2.40. The van der Waals surface area contributed by atoms with Crippen LogP contribution in [0.5, 0.6) is 0 Å². The number of benzene rings is 1. The maximum Gasteiger partial charge on any atom is 0.332 e. The number of ketones is 1. The van der Waals surface area contributed by atoms with Crippen molar-refractivity contribution in [3.8, 4) is 0 Å². The molecule has 3 rings (SSSR count). The molecule has 0 N–H and O–H groups in total. The Hall–Kier alpha value is -1.99. The van der Waals surface area contributed by atoms with Gasteiger partial charge in [0, 0.05) is 22.0 Å². The van der Waals surface area contributed by atoms with Crippen molar-refractivity contribution in [1.82, 2.24) is 9.13 Å². The van der Waals surface area contributed by atoms with Gasteiger partial charge in [-0.15, -0.1) is 11.3 Å². The lowest BCUT2D eigenvalue weighted by atomic mass is 10.1. The SMILES string of the molecule is Cc1cc2c(=O)n(C)c(=O)n(CC(=O)c3ccc(Br)cc3)c2s1. The van der Waals surface area contributed by atoms with E-state index >= 15 is 0 Å². The smallest absolute Gasteiger partial charge is 0.292 e. The van der Waals surface area contributed by atoms with E-state index in [9.17, 15) is 14.4 Å². The second-order valence-corrected chi connectivity index (χ2v) is 7.39. The molecule has 7 heteroatoms. The molecule has 0 radical (unpaired) electrons. The number of rotatable bonds is 3. The minimum Gasteiger partial charge on any atom is -0.292 e. The third kappa shape index (κ3) is 2.82. The number of hydrogen-bond donors (Lipinski definition) is 0. The third-order valence-electron chi connectivity index (χ3n) is 3.60. The average Bonchev–Trinajstić information content (AvgIpc) is 2.91. The van der Waals surface area contributed by atoms with Gasteiger partial charge in [-0.25, -0.2) is 4.79 Å². The number of aromatic nitrogens is 2. The number of carbonyl (C=O) groups is 1. The summed E-state index contributed by atoms with van der Waals surface area (Å²) >= 11 is 4.67. The highest BCUT2D eigenvalue weighted by Crippen LogP contribution is 2.21. The Kier molecular flexibility index (Phi) is 4.08. The molecular formula is C16H13BrN2O3S. The zero-order valence-electron chi connectivity index (χ0n) is 12.5. The highest BCUT2D eigenvalue weighted by molar-refractivity contribution is 9.10. The Labute approximate surface area is 143 Å². The Bertz CT molecular complexity index is 1030. The number of thiophene rings is 1. The molecule has 0 bridgehead atoms. The predicted octanol–water partition coefficient (Wildman–Crippen LogP) is 2.72. The first-order chi connectivity index (χ1) is 10.9. The van der Waals surface area contributed by atoms with E-state index in [0.717, 1.165) is 13.9 Å². The molecule has 0 aliphatic rings. The van der Waals surface area contributed by atoms with Gasteiger partial charge in [0.25, 0.3) is 5.56 Å². The monoisotopic (exact) mass is 392 g/mol. The van der Waals surface area contributed by atoms with Gasteiger partial charge in [-0.05, 0) is 25.1 Å². The average molecular weight is 393 g/mol. The highest BCUT2D eigenvalue weighted by atomic mass is 79.9. The van der Waals surface area contributed by atoms with E-state index in [2.05, 4.69) is 15.9 Å². The fourth-order valence-corrected chi connectivity index (χ4v) is 3.66. The summed E-state index contributed by atoms with van der Waals surface area (Å²) in [5.74, 6) is -0.175. The van der Waals surface area contributed by atoms with Crippen LogP contribution >= 0.6 is 27.3 Å². The van der Waals surface area contributed by atoms with Crippen molar-refractivity contribution >= 4 is 43.3 Å². The van der Waals surface area contributed by atoms with Crippen LogP contribution in [0.15, 0.2) is 44.4 Å². The minimum absolute atomic E-state index is 0.0922. The fraction of sp³-hybridized carbons (Fsp3) is 0.188. The summed E-state index contributed by atoms with van der Waals surface area (Å²) in [6.07, 6.45) is 0. The van der Waals surface area contributed by atoms with E-state index in [0.29, 0.717) is 15.8 Å². The molecule has 0 aliphatic carbocycles. The largest absolute Gasteiger partial charge is 0.332 e. The van der Waals surface area contributed by atoms with Crippen LogP contribution in [0.3, 0.4) is 0 Å². The number of carbonyl (C=O) groups excluding carboxylic acids is 1. The second-order valence-electron chi connectivity index (χ2n) is 5.24. The van der Waals surface area contributed by atoms with E-state index in [1.165, 1.54) is 23.0 Å². The number of aryl methyl sites for hydroxylation is 1. The predicted molar refractivity (Wildman–Crippen MR) is 94.5 cm³/mol. The summed E-state index contributed by atoms with van der Waals surface area (Å²) in [4.78, 5) is 38.5. The van der Waals surface area contributed by atoms with Gasteiger partial charge < -0.3 is 0 Å². The number of nitrogens with zero attached hydrogens (tertiary/aromatic N) is 2.